The Morgan fingerprint density at radius 1 is 1.14 bits per heavy atom. The molecule has 3 nitrogen and oxygen atoms in total. The Labute approximate surface area is 138 Å². The highest BCUT2D eigenvalue weighted by Gasteiger charge is 2.15. The predicted molar refractivity (Wildman–Crippen MR) is 90.7 cm³/mol. The zero-order valence-corrected chi connectivity index (χ0v) is 14.3. The molecule has 0 heterocycles. The lowest BCUT2D eigenvalue weighted by Gasteiger charge is -2.21. The van der Waals surface area contributed by atoms with E-state index in [-0.39, 0.29) is 12.5 Å². The number of halogens is 1. The molecule has 1 amide bonds. The van der Waals surface area contributed by atoms with Crippen LogP contribution in [0.15, 0.2) is 12.1 Å². The average molecular weight is 324 g/mol. The predicted octanol–water partition coefficient (Wildman–Crippen LogP) is 4.56. The molecular weight excluding hydrogens is 298 g/mol. The van der Waals surface area contributed by atoms with E-state index in [0.29, 0.717) is 11.1 Å². The zero-order chi connectivity index (χ0) is 15.9. The van der Waals surface area contributed by atoms with Gasteiger partial charge >= 0.3 is 0 Å². The fourth-order valence-electron chi connectivity index (χ4n) is 3.13. The monoisotopic (exact) mass is 323 g/mol. The van der Waals surface area contributed by atoms with Crippen LogP contribution in [-0.2, 0) is 4.79 Å². The zero-order valence-electron chi connectivity index (χ0n) is 13.6. The molecule has 1 aliphatic rings. The smallest absolute Gasteiger partial charge is 0.258 e. The Balaban J connectivity index is 1.84. The summed E-state index contributed by atoms with van der Waals surface area (Å²) in [6.45, 7) is 3.96. The van der Waals surface area contributed by atoms with Crippen LogP contribution in [0.4, 0.5) is 0 Å². The number of carbonyl (C=O) groups excluding carboxylic acids is 1. The molecule has 0 bridgehead atoms. The first-order valence-electron chi connectivity index (χ1n) is 8.25. The van der Waals surface area contributed by atoms with Gasteiger partial charge in [-0.1, -0.05) is 43.7 Å². The van der Waals surface area contributed by atoms with E-state index < -0.39 is 0 Å². The van der Waals surface area contributed by atoms with Crippen LogP contribution < -0.4 is 10.1 Å². The molecule has 1 aromatic rings. The van der Waals surface area contributed by atoms with E-state index in [9.17, 15) is 4.79 Å². The Bertz CT molecular complexity index is 485. The first kappa shape index (κ1) is 17.1. The third-order valence-electron chi connectivity index (χ3n) is 4.24. The number of aryl methyl sites for hydroxylation is 2. The fourth-order valence-corrected chi connectivity index (χ4v) is 3.46. The van der Waals surface area contributed by atoms with Crippen LogP contribution in [0.5, 0.6) is 5.75 Å². The topological polar surface area (TPSA) is 38.3 Å². The third kappa shape index (κ3) is 5.20. The van der Waals surface area contributed by atoms with Gasteiger partial charge in [0.05, 0.1) is 0 Å². The van der Waals surface area contributed by atoms with Crippen molar-refractivity contribution in [1.82, 2.24) is 5.32 Å². The molecule has 22 heavy (non-hydrogen) atoms. The number of benzene rings is 1. The van der Waals surface area contributed by atoms with Crippen molar-refractivity contribution in [2.45, 2.75) is 64.8 Å². The van der Waals surface area contributed by atoms with Gasteiger partial charge < -0.3 is 10.1 Å². The number of nitrogens with one attached hydrogen (secondary N) is 1. The van der Waals surface area contributed by atoms with Gasteiger partial charge in [-0.2, -0.15) is 0 Å². The molecule has 1 fully saturated rings. The second kappa shape index (κ2) is 8.42. The van der Waals surface area contributed by atoms with Gasteiger partial charge in [0, 0.05) is 11.1 Å². The molecule has 0 aromatic heterocycles. The second-order valence-corrected chi connectivity index (χ2v) is 6.70. The molecule has 1 N–H and O–H groups in total. The lowest BCUT2D eigenvalue weighted by molar-refractivity contribution is -0.123. The normalized spacial score (nSPS) is 16.7. The minimum atomic E-state index is -0.0284. The largest absolute Gasteiger partial charge is 0.483 e. The summed E-state index contributed by atoms with van der Waals surface area (Å²) in [6, 6.07) is 4.02. The number of carbonyl (C=O) groups is 1. The molecule has 4 heteroatoms. The molecule has 0 saturated heterocycles. The van der Waals surface area contributed by atoms with Gasteiger partial charge in [0.25, 0.3) is 5.91 Å². The molecule has 0 aliphatic heterocycles. The van der Waals surface area contributed by atoms with Crippen LogP contribution in [0.1, 0.15) is 56.1 Å². The van der Waals surface area contributed by atoms with E-state index in [1.807, 2.05) is 26.0 Å². The van der Waals surface area contributed by atoms with Crippen LogP contribution in [-0.4, -0.2) is 18.6 Å². The van der Waals surface area contributed by atoms with Crippen molar-refractivity contribution in [3.8, 4) is 5.75 Å². The molecule has 0 atom stereocenters. The van der Waals surface area contributed by atoms with Gasteiger partial charge in [-0.05, 0) is 49.9 Å². The van der Waals surface area contributed by atoms with Crippen molar-refractivity contribution in [3.63, 3.8) is 0 Å². The Hall–Kier alpha value is -1.22. The van der Waals surface area contributed by atoms with E-state index in [4.69, 9.17) is 16.3 Å². The second-order valence-electron chi connectivity index (χ2n) is 6.27. The molecular formula is C18H26ClNO2. The molecule has 1 saturated carbocycles. The van der Waals surface area contributed by atoms with Gasteiger partial charge in [-0.3, -0.25) is 4.79 Å². The number of amides is 1. The minimum absolute atomic E-state index is 0.0284. The Morgan fingerprint density at radius 3 is 2.27 bits per heavy atom. The van der Waals surface area contributed by atoms with Crippen molar-refractivity contribution in [2.24, 2.45) is 0 Å². The summed E-state index contributed by atoms with van der Waals surface area (Å²) in [5.74, 6) is 0.733. The lowest BCUT2D eigenvalue weighted by Crippen LogP contribution is -2.38. The number of hydrogen-bond donors (Lipinski definition) is 1. The number of ether oxygens (including phenoxy) is 1. The molecule has 1 aliphatic carbocycles. The summed E-state index contributed by atoms with van der Waals surface area (Å²) in [7, 11) is 0. The highest BCUT2D eigenvalue weighted by Crippen LogP contribution is 2.27. The summed E-state index contributed by atoms with van der Waals surface area (Å²) >= 11 is 6.01. The lowest BCUT2D eigenvalue weighted by atomic mass is 9.97. The summed E-state index contributed by atoms with van der Waals surface area (Å²) in [5.41, 5.74) is 1.92. The van der Waals surface area contributed by atoms with Gasteiger partial charge in [-0.25, -0.2) is 0 Å². The van der Waals surface area contributed by atoms with Crippen LogP contribution >= 0.6 is 11.6 Å². The SMILES string of the molecule is Cc1cc(Cl)cc(C)c1OCC(=O)NC1CCCCCCC1. The van der Waals surface area contributed by atoms with E-state index in [2.05, 4.69) is 5.32 Å². The van der Waals surface area contributed by atoms with Crippen molar-refractivity contribution in [2.75, 3.05) is 6.61 Å². The first-order chi connectivity index (χ1) is 10.6. The van der Waals surface area contributed by atoms with E-state index in [0.717, 1.165) is 29.7 Å². The van der Waals surface area contributed by atoms with Crippen molar-refractivity contribution in [1.29, 1.82) is 0 Å². The minimum Gasteiger partial charge on any atom is -0.483 e. The fraction of sp³-hybridized carbons (Fsp3) is 0.611. The van der Waals surface area contributed by atoms with E-state index in [1.165, 1.54) is 32.1 Å². The molecule has 122 valence electrons. The third-order valence-corrected chi connectivity index (χ3v) is 4.46. The average Bonchev–Trinajstić information content (AvgIpc) is 2.40. The molecule has 0 unspecified atom stereocenters. The van der Waals surface area contributed by atoms with Gasteiger partial charge in [0.15, 0.2) is 6.61 Å². The summed E-state index contributed by atoms with van der Waals surface area (Å²) in [5, 5.41) is 3.81. The Kier molecular flexibility index (Phi) is 6.56. The molecule has 0 spiro atoms. The van der Waals surface area contributed by atoms with Crippen molar-refractivity contribution in [3.05, 3.63) is 28.3 Å². The van der Waals surface area contributed by atoms with Gasteiger partial charge in [0.1, 0.15) is 5.75 Å². The summed E-state index contributed by atoms with van der Waals surface area (Å²) in [6.07, 6.45) is 8.49. The Morgan fingerprint density at radius 2 is 1.68 bits per heavy atom. The maximum atomic E-state index is 12.1. The maximum absolute atomic E-state index is 12.1. The highest BCUT2D eigenvalue weighted by molar-refractivity contribution is 6.30. The van der Waals surface area contributed by atoms with Crippen molar-refractivity contribution >= 4 is 17.5 Å². The first-order valence-corrected chi connectivity index (χ1v) is 8.63. The van der Waals surface area contributed by atoms with Crippen LogP contribution in [0.25, 0.3) is 0 Å². The molecule has 0 radical (unpaired) electrons. The highest BCUT2D eigenvalue weighted by atomic mass is 35.5. The van der Waals surface area contributed by atoms with Gasteiger partial charge in [-0.15, -0.1) is 0 Å². The maximum Gasteiger partial charge on any atom is 0.258 e. The van der Waals surface area contributed by atoms with E-state index in [1.54, 1.807) is 0 Å². The quantitative estimate of drug-likeness (QED) is 0.881. The van der Waals surface area contributed by atoms with Crippen LogP contribution in [0.3, 0.4) is 0 Å². The van der Waals surface area contributed by atoms with Crippen LogP contribution in [0.2, 0.25) is 5.02 Å². The molecule has 2 rings (SSSR count). The van der Waals surface area contributed by atoms with Crippen LogP contribution in [0, 0.1) is 13.8 Å². The molecule has 1 aromatic carbocycles. The van der Waals surface area contributed by atoms with Crippen molar-refractivity contribution < 1.29 is 9.53 Å². The summed E-state index contributed by atoms with van der Waals surface area (Å²) in [4.78, 5) is 12.1. The number of hydrogen-bond acceptors (Lipinski definition) is 2. The van der Waals surface area contributed by atoms with Gasteiger partial charge in [0.2, 0.25) is 0 Å². The van der Waals surface area contributed by atoms with E-state index >= 15 is 0 Å². The number of rotatable bonds is 4. The summed E-state index contributed by atoms with van der Waals surface area (Å²) < 4.78 is 5.71. The standard InChI is InChI=1S/C18H26ClNO2/c1-13-10-15(19)11-14(2)18(13)22-12-17(21)20-16-8-6-4-3-5-7-9-16/h10-11,16H,3-9,12H2,1-2H3,(H,20,21).